The summed E-state index contributed by atoms with van der Waals surface area (Å²) in [5.74, 6) is -0.456. The zero-order valence-corrected chi connectivity index (χ0v) is 15.6. The summed E-state index contributed by atoms with van der Waals surface area (Å²) in [5, 5.41) is 11.2. The molecule has 27 heavy (non-hydrogen) atoms. The van der Waals surface area contributed by atoms with Gasteiger partial charge in [-0.25, -0.2) is 4.68 Å². The van der Waals surface area contributed by atoms with Crippen molar-refractivity contribution in [3.05, 3.63) is 47.3 Å². The first-order valence-electron chi connectivity index (χ1n) is 8.39. The normalized spacial score (nSPS) is 15.3. The molecule has 0 aliphatic carbocycles. The number of alkyl halides is 3. The molecule has 0 spiro atoms. The van der Waals surface area contributed by atoms with Crippen molar-refractivity contribution in [3.63, 3.8) is 0 Å². The summed E-state index contributed by atoms with van der Waals surface area (Å²) in [5.41, 5.74) is -0.560. The molecular weight excluding hydrogens is 383 g/mol. The molecule has 1 aromatic carbocycles. The summed E-state index contributed by atoms with van der Waals surface area (Å²) < 4.78 is 41.0. The Morgan fingerprint density at radius 1 is 1.30 bits per heavy atom. The molecule has 6 nitrogen and oxygen atoms in total. The average molecular weight is 404 g/mol. The molecule has 2 aromatic rings. The fourth-order valence-corrected chi connectivity index (χ4v) is 3.08. The van der Waals surface area contributed by atoms with E-state index < -0.39 is 17.6 Å². The molecule has 148 valence electrons. The van der Waals surface area contributed by atoms with Gasteiger partial charge in [-0.05, 0) is 37.6 Å². The number of hydrogen-bond acceptors (Lipinski definition) is 4. The Bertz CT molecular complexity index is 774. The predicted molar refractivity (Wildman–Crippen MR) is 95.7 cm³/mol. The fourth-order valence-electron chi connectivity index (χ4n) is 3.08. The van der Waals surface area contributed by atoms with Gasteiger partial charge < -0.3 is 10.2 Å². The molecule has 0 bridgehead atoms. The third-order valence-electron chi connectivity index (χ3n) is 4.49. The van der Waals surface area contributed by atoms with Crippen molar-refractivity contribution in [1.82, 2.24) is 25.2 Å². The van der Waals surface area contributed by atoms with Crippen LogP contribution in [0.3, 0.4) is 0 Å². The maximum Gasteiger partial charge on any atom is 0.416 e. The minimum atomic E-state index is -4.46. The highest BCUT2D eigenvalue weighted by atomic mass is 35.5. The van der Waals surface area contributed by atoms with Gasteiger partial charge in [0.1, 0.15) is 0 Å². The lowest BCUT2D eigenvalue weighted by atomic mass is 10.1. The number of aromatic nitrogens is 3. The van der Waals surface area contributed by atoms with E-state index in [0.717, 1.165) is 32.0 Å². The van der Waals surface area contributed by atoms with Gasteiger partial charge in [0.2, 0.25) is 0 Å². The quantitative estimate of drug-likeness (QED) is 0.852. The van der Waals surface area contributed by atoms with Gasteiger partial charge in [-0.15, -0.1) is 17.5 Å². The van der Waals surface area contributed by atoms with E-state index in [4.69, 9.17) is 0 Å². The van der Waals surface area contributed by atoms with Gasteiger partial charge in [-0.3, -0.25) is 4.79 Å². The number of amides is 1. The Morgan fingerprint density at radius 2 is 1.96 bits per heavy atom. The van der Waals surface area contributed by atoms with Crippen molar-refractivity contribution >= 4 is 18.3 Å². The van der Waals surface area contributed by atoms with Gasteiger partial charge in [0.25, 0.3) is 5.91 Å². The topological polar surface area (TPSA) is 63.1 Å². The van der Waals surface area contributed by atoms with Gasteiger partial charge in [-0.1, -0.05) is 23.4 Å². The number of carbonyl (C=O) groups excluding carboxylic acids is 1. The standard InChI is InChI=1S/C17H20F3N5O.ClH/c1-24(10-12-4-2-3-5-14(12)17(18,19)20)16(26)15-11-25(23-22-15)13-6-8-21-9-7-13;/h2-5,11,13,21H,6-10H2,1H3;1H. The van der Waals surface area contributed by atoms with Crippen molar-refractivity contribution in [3.8, 4) is 0 Å². The van der Waals surface area contributed by atoms with Crippen LogP contribution in [0, 0.1) is 0 Å². The Labute approximate surface area is 161 Å². The molecule has 0 radical (unpaired) electrons. The number of benzene rings is 1. The Hall–Kier alpha value is -2.13. The number of nitrogens with zero attached hydrogens (tertiary/aromatic N) is 4. The predicted octanol–water partition coefficient (Wildman–Crippen LogP) is 2.92. The molecule has 1 aliphatic rings. The largest absolute Gasteiger partial charge is 0.416 e. The van der Waals surface area contributed by atoms with Crippen LogP contribution in [0.1, 0.15) is 40.5 Å². The van der Waals surface area contributed by atoms with Crippen LogP contribution in [0.4, 0.5) is 13.2 Å². The molecule has 3 rings (SSSR count). The summed E-state index contributed by atoms with van der Waals surface area (Å²) in [6.45, 7) is 1.60. The first kappa shape index (κ1) is 21.2. The summed E-state index contributed by atoms with van der Waals surface area (Å²) in [6, 6.07) is 5.43. The van der Waals surface area contributed by atoms with E-state index >= 15 is 0 Å². The maximum atomic E-state index is 13.1. The molecule has 1 aromatic heterocycles. The van der Waals surface area contributed by atoms with Crippen LogP contribution in [0.15, 0.2) is 30.5 Å². The third kappa shape index (κ3) is 4.98. The number of rotatable bonds is 4. The van der Waals surface area contributed by atoms with Crippen molar-refractivity contribution in [2.75, 3.05) is 20.1 Å². The van der Waals surface area contributed by atoms with E-state index in [1.54, 1.807) is 10.9 Å². The van der Waals surface area contributed by atoms with Crippen molar-refractivity contribution in [2.45, 2.75) is 31.6 Å². The van der Waals surface area contributed by atoms with Gasteiger partial charge in [-0.2, -0.15) is 13.2 Å². The summed E-state index contributed by atoms with van der Waals surface area (Å²) in [6.07, 6.45) is -1.10. The summed E-state index contributed by atoms with van der Waals surface area (Å²) >= 11 is 0. The first-order chi connectivity index (χ1) is 12.4. The summed E-state index contributed by atoms with van der Waals surface area (Å²) in [4.78, 5) is 13.7. The molecule has 1 saturated heterocycles. The lowest BCUT2D eigenvalue weighted by Gasteiger charge is -2.22. The number of hydrogen-bond donors (Lipinski definition) is 1. The second kappa shape index (κ2) is 8.71. The monoisotopic (exact) mass is 403 g/mol. The van der Waals surface area contributed by atoms with Crippen molar-refractivity contribution < 1.29 is 18.0 Å². The smallest absolute Gasteiger partial charge is 0.336 e. The van der Waals surface area contributed by atoms with Crippen LogP contribution in [-0.4, -0.2) is 45.9 Å². The lowest BCUT2D eigenvalue weighted by Crippen LogP contribution is -2.29. The molecule has 1 N–H and O–H groups in total. The lowest BCUT2D eigenvalue weighted by molar-refractivity contribution is -0.138. The van der Waals surface area contributed by atoms with E-state index in [9.17, 15) is 18.0 Å². The number of piperidine rings is 1. The van der Waals surface area contributed by atoms with Crippen LogP contribution >= 0.6 is 12.4 Å². The van der Waals surface area contributed by atoms with E-state index in [1.807, 2.05) is 0 Å². The van der Waals surface area contributed by atoms with Crippen LogP contribution in [0.2, 0.25) is 0 Å². The highest BCUT2D eigenvalue weighted by Gasteiger charge is 2.33. The zero-order chi connectivity index (χ0) is 18.7. The molecule has 0 saturated carbocycles. The molecule has 1 aliphatic heterocycles. The van der Waals surface area contributed by atoms with Gasteiger partial charge >= 0.3 is 6.18 Å². The van der Waals surface area contributed by atoms with Crippen molar-refractivity contribution in [1.29, 1.82) is 0 Å². The fraction of sp³-hybridized carbons (Fsp3) is 0.471. The molecule has 0 atom stereocenters. The maximum absolute atomic E-state index is 13.1. The second-order valence-electron chi connectivity index (χ2n) is 6.38. The highest BCUT2D eigenvalue weighted by Crippen LogP contribution is 2.32. The number of carbonyl (C=O) groups is 1. The average Bonchev–Trinajstić information content (AvgIpc) is 3.11. The van der Waals surface area contributed by atoms with E-state index in [0.29, 0.717) is 0 Å². The van der Waals surface area contributed by atoms with E-state index in [1.165, 1.54) is 30.1 Å². The minimum Gasteiger partial charge on any atom is -0.336 e. The van der Waals surface area contributed by atoms with E-state index in [-0.39, 0.29) is 36.3 Å². The zero-order valence-electron chi connectivity index (χ0n) is 14.7. The minimum absolute atomic E-state index is 0. The Morgan fingerprint density at radius 3 is 2.63 bits per heavy atom. The molecule has 10 heteroatoms. The Balaban J connectivity index is 0.00000261. The highest BCUT2D eigenvalue weighted by molar-refractivity contribution is 5.91. The Kier molecular flexibility index (Phi) is 6.83. The van der Waals surface area contributed by atoms with Crippen LogP contribution in [0.25, 0.3) is 0 Å². The molecular formula is C17H21ClF3N5O. The van der Waals surface area contributed by atoms with Gasteiger partial charge in [0.05, 0.1) is 17.8 Å². The second-order valence-corrected chi connectivity index (χ2v) is 6.38. The van der Waals surface area contributed by atoms with Crippen LogP contribution in [0.5, 0.6) is 0 Å². The summed E-state index contributed by atoms with van der Waals surface area (Å²) in [7, 11) is 1.46. The van der Waals surface area contributed by atoms with Gasteiger partial charge in [0.15, 0.2) is 5.69 Å². The van der Waals surface area contributed by atoms with Crippen LogP contribution in [-0.2, 0) is 12.7 Å². The molecule has 1 fully saturated rings. The van der Waals surface area contributed by atoms with Gasteiger partial charge in [0, 0.05) is 13.6 Å². The molecule has 2 heterocycles. The van der Waals surface area contributed by atoms with E-state index in [2.05, 4.69) is 15.6 Å². The molecule has 1 amide bonds. The SMILES string of the molecule is CN(Cc1ccccc1C(F)(F)F)C(=O)c1cn(C2CCNCC2)nn1.Cl. The van der Waals surface area contributed by atoms with Crippen LogP contribution < -0.4 is 5.32 Å². The first-order valence-corrected chi connectivity index (χ1v) is 8.39. The number of halogens is 4. The number of nitrogens with one attached hydrogen (secondary N) is 1. The molecule has 0 unspecified atom stereocenters. The van der Waals surface area contributed by atoms with Crippen molar-refractivity contribution in [2.24, 2.45) is 0 Å². The third-order valence-corrected chi connectivity index (χ3v) is 4.49.